The molecule has 0 amide bonds. The zero-order valence-corrected chi connectivity index (χ0v) is 11.1. The van der Waals surface area contributed by atoms with E-state index in [1.807, 2.05) is 30.9 Å². The number of aromatic nitrogens is 2. The molecule has 0 saturated carbocycles. The van der Waals surface area contributed by atoms with Crippen LogP contribution >= 0.6 is 0 Å². The summed E-state index contributed by atoms with van der Waals surface area (Å²) in [4.78, 5) is 13.6. The van der Waals surface area contributed by atoms with Gasteiger partial charge in [-0.05, 0) is 32.7 Å². The third-order valence-corrected chi connectivity index (χ3v) is 3.99. The topological polar surface area (TPSA) is 58.4 Å². The molecular weight excluding hydrogens is 230 g/mol. The summed E-state index contributed by atoms with van der Waals surface area (Å²) in [6.07, 6.45) is 6.21. The Hall–Kier alpha value is -1.36. The highest BCUT2D eigenvalue weighted by molar-refractivity contribution is 5.79. The molecule has 18 heavy (non-hydrogen) atoms. The second-order valence-electron chi connectivity index (χ2n) is 4.92. The van der Waals surface area contributed by atoms with E-state index in [1.165, 1.54) is 0 Å². The van der Waals surface area contributed by atoms with Crippen molar-refractivity contribution in [1.29, 1.82) is 0 Å². The predicted octanol–water partition coefficient (Wildman–Crippen LogP) is 1.73. The van der Waals surface area contributed by atoms with Gasteiger partial charge in [-0.2, -0.15) is 5.10 Å². The number of carboxylic acids is 1. The van der Waals surface area contributed by atoms with E-state index < -0.39 is 11.5 Å². The number of rotatable bonds is 5. The third kappa shape index (κ3) is 2.14. The summed E-state index contributed by atoms with van der Waals surface area (Å²) < 4.78 is 1.87. The quantitative estimate of drug-likeness (QED) is 0.866. The molecule has 0 aliphatic carbocycles. The van der Waals surface area contributed by atoms with Crippen LogP contribution in [0, 0.1) is 0 Å². The van der Waals surface area contributed by atoms with E-state index in [2.05, 4.69) is 10.00 Å². The van der Waals surface area contributed by atoms with Crippen LogP contribution in [0.4, 0.5) is 0 Å². The van der Waals surface area contributed by atoms with Gasteiger partial charge in [-0.15, -0.1) is 0 Å². The van der Waals surface area contributed by atoms with Gasteiger partial charge in [0.05, 0.1) is 6.20 Å². The van der Waals surface area contributed by atoms with Gasteiger partial charge < -0.3 is 5.11 Å². The summed E-state index contributed by atoms with van der Waals surface area (Å²) in [7, 11) is 0. The molecule has 0 bridgehead atoms. The van der Waals surface area contributed by atoms with Gasteiger partial charge >= 0.3 is 5.97 Å². The summed E-state index contributed by atoms with van der Waals surface area (Å²) in [6.45, 7) is 6.39. The Balaban J connectivity index is 2.14. The molecular formula is C13H21N3O2. The van der Waals surface area contributed by atoms with Crippen LogP contribution in [0.2, 0.25) is 0 Å². The molecule has 5 heteroatoms. The highest BCUT2D eigenvalue weighted by Crippen LogP contribution is 2.33. The first-order chi connectivity index (χ1) is 8.62. The Morgan fingerprint density at radius 3 is 2.89 bits per heavy atom. The fraction of sp³-hybridized carbons (Fsp3) is 0.692. The highest BCUT2D eigenvalue weighted by Gasteiger charge is 2.45. The number of carbonyl (C=O) groups is 1. The molecule has 1 aromatic heterocycles. The van der Waals surface area contributed by atoms with Crippen molar-refractivity contribution in [3.05, 3.63) is 18.0 Å². The molecule has 1 N–H and O–H groups in total. The molecule has 5 nitrogen and oxygen atoms in total. The van der Waals surface area contributed by atoms with Crippen LogP contribution in [0.1, 0.15) is 38.7 Å². The van der Waals surface area contributed by atoms with Crippen molar-refractivity contribution in [3.63, 3.8) is 0 Å². The fourth-order valence-electron chi connectivity index (χ4n) is 2.84. The van der Waals surface area contributed by atoms with E-state index in [-0.39, 0.29) is 0 Å². The molecule has 1 aromatic rings. The Morgan fingerprint density at radius 1 is 1.56 bits per heavy atom. The number of nitrogens with zero attached hydrogens (tertiary/aromatic N) is 3. The SMILES string of the molecule is CCn1cc(CN2CCCC2(CC)C(=O)O)cn1. The largest absolute Gasteiger partial charge is 0.480 e. The zero-order valence-electron chi connectivity index (χ0n) is 11.1. The molecule has 0 aromatic carbocycles. The first-order valence-corrected chi connectivity index (χ1v) is 6.62. The molecule has 1 aliphatic heterocycles. The first kappa shape index (κ1) is 13.1. The molecule has 1 unspecified atom stereocenters. The van der Waals surface area contributed by atoms with Crippen molar-refractivity contribution >= 4 is 5.97 Å². The minimum Gasteiger partial charge on any atom is -0.480 e. The van der Waals surface area contributed by atoms with Crippen LogP contribution in [0.3, 0.4) is 0 Å². The highest BCUT2D eigenvalue weighted by atomic mass is 16.4. The lowest BCUT2D eigenvalue weighted by atomic mass is 9.93. The standard InChI is InChI=1S/C13H21N3O2/c1-3-13(12(17)18)6-5-7-15(13)9-11-8-14-16(4-2)10-11/h8,10H,3-7,9H2,1-2H3,(H,17,18). The second kappa shape index (κ2) is 5.10. The van der Waals surface area contributed by atoms with E-state index in [4.69, 9.17) is 0 Å². The number of aryl methyl sites for hydroxylation is 1. The molecule has 1 aliphatic rings. The van der Waals surface area contributed by atoms with Crippen molar-refractivity contribution in [2.24, 2.45) is 0 Å². The van der Waals surface area contributed by atoms with Crippen molar-refractivity contribution in [3.8, 4) is 0 Å². The lowest BCUT2D eigenvalue weighted by Gasteiger charge is -2.33. The number of hydrogen-bond acceptors (Lipinski definition) is 3. The maximum absolute atomic E-state index is 11.6. The third-order valence-electron chi connectivity index (χ3n) is 3.99. The minimum atomic E-state index is -0.689. The zero-order chi connectivity index (χ0) is 13.2. The summed E-state index contributed by atoms with van der Waals surface area (Å²) in [5.74, 6) is -0.689. The van der Waals surface area contributed by atoms with Crippen molar-refractivity contribution < 1.29 is 9.90 Å². The summed E-state index contributed by atoms with van der Waals surface area (Å²) in [5, 5.41) is 13.7. The van der Waals surface area contributed by atoms with Gasteiger partial charge in [-0.25, -0.2) is 0 Å². The van der Waals surface area contributed by atoms with Crippen molar-refractivity contribution in [2.45, 2.75) is 51.7 Å². The van der Waals surface area contributed by atoms with Gasteiger partial charge in [0.25, 0.3) is 0 Å². The summed E-state index contributed by atoms with van der Waals surface area (Å²) in [5.41, 5.74) is 0.423. The Labute approximate surface area is 107 Å². The van der Waals surface area contributed by atoms with E-state index in [9.17, 15) is 9.90 Å². The average molecular weight is 251 g/mol. The Bertz CT molecular complexity index is 430. The first-order valence-electron chi connectivity index (χ1n) is 6.62. The van der Waals surface area contributed by atoms with Gasteiger partial charge in [0.2, 0.25) is 0 Å². The van der Waals surface area contributed by atoms with Crippen LogP contribution in [0.15, 0.2) is 12.4 Å². The Morgan fingerprint density at radius 2 is 2.33 bits per heavy atom. The molecule has 2 heterocycles. The number of carboxylic acid groups (broad SMARTS) is 1. The normalized spacial score (nSPS) is 24.6. The number of hydrogen-bond donors (Lipinski definition) is 1. The van der Waals surface area contributed by atoms with Crippen LogP contribution in [-0.4, -0.2) is 37.8 Å². The van der Waals surface area contributed by atoms with Gasteiger partial charge in [-0.3, -0.25) is 14.4 Å². The molecule has 2 rings (SSSR count). The van der Waals surface area contributed by atoms with E-state index in [0.29, 0.717) is 13.0 Å². The molecule has 1 fully saturated rings. The van der Waals surface area contributed by atoms with Gasteiger partial charge in [0.15, 0.2) is 0 Å². The maximum atomic E-state index is 11.6. The van der Waals surface area contributed by atoms with Crippen molar-refractivity contribution in [1.82, 2.24) is 14.7 Å². The van der Waals surface area contributed by atoms with Crippen LogP contribution < -0.4 is 0 Å². The second-order valence-corrected chi connectivity index (χ2v) is 4.92. The molecule has 1 saturated heterocycles. The summed E-state index contributed by atoms with van der Waals surface area (Å²) in [6, 6.07) is 0. The van der Waals surface area contributed by atoms with E-state index >= 15 is 0 Å². The maximum Gasteiger partial charge on any atom is 0.324 e. The van der Waals surface area contributed by atoms with Gasteiger partial charge in [0, 0.05) is 24.8 Å². The van der Waals surface area contributed by atoms with Crippen LogP contribution in [-0.2, 0) is 17.9 Å². The van der Waals surface area contributed by atoms with E-state index in [0.717, 1.165) is 31.5 Å². The number of aliphatic carboxylic acids is 1. The molecule has 100 valence electrons. The predicted molar refractivity (Wildman–Crippen MR) is 68.2 cm³/mol. The molecule has 0 spiro atoms. The van der Waals surface area contributed by atoms with Crippen LogP contribution in [0.5, 0.6) is 0 Å². The molecule has 0 radical (unpaired) electrons. The summed E-state index contributed by atoms with van der Waals surface area (Å²) >= 11 is 0. The lowest BCUT2D eigenvalue weighted by Crippen LogP contribution is -2.49. The fourth-order valence-corrected chi connectivity index (χ4v) is 2.84. The van der Waals surface area contributed by atoms with Gasteiger partial charge in [0.1, 0.15) is 5.54 Å². The average Bonchev–Trinajstić information content (AvgIpc) is 2.96. The smallest absolute Gasteiger partial charge is 0.324 e. The van der Waals surface area contributed by atoms with Crippen molar-refractivity contribution in [2.75, 3.05) is 6.54 Å². The lowest BCUT2D eigenvalue weighted by molar-refractivity contribution is -0.150. The van der Waals surface area contributed by atoms with E-state index in [1.54, 1.807) is 0 Å². The minimum absolute atomic E-state index is 0.657. The monoisotopic (exact) mass is 251 g/mol. The molecule has 1 atom stereocenters. The van der Waals surface area contributed by atoms with Crippen LogP contribution in [0.25, 0.3) is 0 Å². The number of likely N-dealkylation sites (tertiary alicyclic amines) is 1. The van der Waals surface area contributed by atoms with Gasteiger partial charge in [-0.1, -0.05) is 6.92 Å². The Kier molecular flexibility index (Phi) is 3.71.